The molecule has 0 aliphatic rings. The second kappa shape index (κ2) is 8.26. The molecule has 0 atom stereocenters. The van der Waals surface area contributed by atoms with Crippen LogP contribution in [0, 0.1) is 0 Å². The number of sulfonamides is 1. The maximum absolute atomic E-state index is 13.0. The Morgan fingerprint density at radius 1 is 0.967 bits per heavy atom. The third kappa shape index (κ3) is 4.11. The minimum Gasteiger partial charge on any atom is -0.507 e. The Balaban J connectivity index is 2.11. The van der Waals surface area contributed by atoms with Crippen molar-refractivity contribution in [3.8, 4) is 16.9 Å². The van der Waals surface area contributed by atoms with Crippen LogP contribution in [0.5, 0.6) is 5.75 Å². The zero-order valence-electron chi connectivity index (χ0n) is 15.7. The standard InChI is InChI=1S/C21H17NO7S/c1-29-21(26)19-15(13-6-3-2-4-7-13)8-5-9-18(19)30(27,28)22-14-10-11-16(20(24)25)17(23)12-14/h2-12,22-23H,1H3,(H,24,25). The Labute approximate surface area is 172 Å². The van der Waals surface area contributed by atoms with E-state index in [1.165, 1.54) is 18.2 Å². The van der Waals surface area contributed by atoms with Gasteiger partial charge in [0, 0.05) is 6.07 Å². The number of benzene rings is 3. The number of ether oxygens (including phenoxy) is 1. The molecule has 0 unspecified atom stereocenters. The smallest absolute Gasteiger partial charge is 0.339 e. The lowest BCUT2D eigenvalue weighted by Gasteiger charge is -2.15. The molecular weight excluding hydrogens is 410 g/mol. The SMILES string of the molecule is COC(=O)c1c(-c2ccccc2)cccc1S(=O)(=O)Nc1ccc(C(=O)O)c(O)c1. The molecule has 0 saturated carbocycles. The molecule has 0 heterocycles. The van der Waals surface area contributed by atoms with Gasteiger partial charge >= 0.3 is 11.9 Å². The van der Waals surface area contributed by atoms with E-state index in [1.54, 1.807) is 36.4 Å². The minimum absolute atomic E-state index is 0.0709. The van der Waals surface area contributed by atoms with Gasteiger partial charge in [-0.2, -0.15) is 0 Å². The second-order valence-corrected chi connectivity index (χ2v) is 7.83. The van der Waals surface area contributed by atoms with E-state index in [1.807, 2.05) is 0 Å². The third-order valence-corrected chi connectivity index (χ3v) is 5.69. The van der Waals surface area contributed by atoms with Gasteiger partial charge < -0.3 is 14.9 Å². The van der Waals surface area contributed by atoms with Crippen LogP contribution >= 0.6 is 0 Å². The largest absolute Gasteiger partial charge is 0.507 e. The number of anilines is 1. The Kier molecular flexibility index (Phi) is 5.74. The fourth-order valence-electron chi connectivity index (χ4n) is 2.91. The summed E-state index contributed by atoms with van der Waals surface area (Å²) in [4.78, 5) is 23.2. The summed E-state index contributed by atoms with van der Waals surface area (Å²) in [5, 5.41) is 18.8. The molecule has 0 radical (unpaired) electrons. The molecule has 0 aromatic heterocycles. The molecule has 0 aliphatic heterocycles. The van der Waals surface area contributed by atoms with Gasteiger partial charge in [-0.25, -0.2) is 18.0 Å². The number of carboxylic acids is 1. The van der Waals surface area contributed by atoms with Crippen LogP contribution in [0.2, 0.25) is 0 Å². The number of carboxylic acid groups (broad SMARTS) is 1. The van der Waals surface area contributed by atoms with Crippen LogP contribution in [0.4, 0.5) is 5.69 Å². The van der Waals surface area contributed by atoms with Crippen LogP contribution in [-0.2, 0) is 14.8 Å². The number of hydrogen-bond donors (Lipinski definition) is 3. The summed E-state index contributed by atoms with van der Waals surface area (Å²) in [6, 6.07) is 16.3. The number of nitrogens with one attached hydrogen (secondary N) is 1. The normalized spacial score (nSPS) is 11.0. The zero-order chi connectivity index (χ0) is 21.9. The lowest BCUT2D eigenvalue weighted by atomic mass is 10.00. The first-order chi connectivity index (χ1) is 14.2. The van der Waals surface area contributed by atoms with Crippen molar-refractivity contribution in [1.29, 1.82) is 0 Å². The molecule has 0 bridgehead atoms. The summed E-state index contributed by atoms with van der Waals surface area (Å²) in [7, 11) is -3.14. The van der Waals surface area contributed by atoms with Gasteiger partial charge in [0.15, 0.2) is 0 Å². The van der Waals surface area contributed by atoms with Crippen molar-refractivity contribution in [1.82, 2.24) is 0 Å². The lowest BCUT2D eigenvalue weighted by molar-refractivity contribution is 0.0596. The maximum Gasteiger partial charge on any atom is 0.339 e. The molecule has 9 heteroatoms. The number of aromatic hydroxyl groups is 1. The number of esters is 1. The van der Waals surface area contributed by atoms with Crippen LogP contribution in [0.25, 0.3) is 11.1 Å². The average molecular weight is 427 g/mol. The van der Waals surface area contributed by atoms with E-state index in [0.717, 1.165) is 19.2 Å². The Bertz CT molecular complexity index is 1220. The molecule has 3 aromatic rings. The molecule has 0 spiro atoms. The van der Waals surface area contributed by atoms with Crippen molar-refractivity contribution < 1.29 is 33.0 Å². The van der Waals surface area contributed by atoms with Crippen molar-refractivity contribution >= 4 is 27.6 Å². The van der Waals surface area contributed by atoms with Gasteiger partial charge in [0.05, 0.1) is 18.4 Å². The maximum atomic E-state index is 13.0. The predicted molar refractivity (Wildman–Crippen MR) is 109 cm³/mol. The Morgan fingerprint density at radius 2 is 1.67 bits per heavy atom. The molecular formula is C21H17NO7S. The number of carbonyl (C=O) groups is 2. The van der Waals surface area contributed by atoms with Crippen LogP contribution in [-0.4, -0.2) is 37.7 Å². The van der Waals surface area contributed by atoms with E-state index in [4.69, 9.17) is 9.84 Å². The van der Waals surface area contributed by atoms with Crippen LogP contribution < -0.4 is 4.72 Å². The third-order valence-electron chi connectivity index (χ3n) is 4.27. The van der Waals surface area contributed by atoms with Crippen LogP contribution in [0.3, 0.4) is 0 Å². The fourth-order valence-corrected chi connectivity index (χ4v) is 4.18. The van der Waals surface area contributed by atoms with Crippen molar-refractivity contribution in [2.75, 3.05) is 11.8 Å². The monoisotopic (exact) mass is 427 g/mol. The molecule has 3 N–H and O–H groups in total. The molecule has 3 rings (SSSR count). The average Bonchev–Trinajstić information content (AvgIpc) is 2.72. The summed E-state index contributed by atoms with van der Waals surface area (Å²) in [6.45, 7) is 0. The highest BCUT2D eigenvalue weighted by Crippen LogP contribution is 2.31. The van der Waals surface area contributed by atoms with Gasteiger partial charge in [0.2, 0.25) is 0 Å². The van der Waals surface area contributed by atoms with Crippen molar-refractivity contribution in [3.63, 3.8) is 0 Å². The van der Waals surface area contributed by atoms with E-state index in [9.17, 15) is 23.1 Å². The number of carbonyl (C=O) groups excluding carboxylic acids is 1. The van der Waals surface area contributed by atoms with Gasteiger partial charge in [0.1, 0.15) is 16.2 Å². The summed E-state index contributed by atoms with van der Waals surface area (Å²) < 4.78 is 33.1. The second-order valence-electron chi connectivity index (χ2n) is 6.18. The van der Waals surface area contributed by atoms with E-state index < -0.39 is 27.7 Å². The molecule has 8 nitrogen and oxygen atoms in total. The molecule has 0 saturated heterocycles. The van der Waals surface area contributed by atoms with E-state index in [2.05, 4.69) is 4.72 Å². The first-order valence-corrected chi connectivity index (χ1v) is 10.1. The first-order valence-electron chi connectivity index (χ1n) is 8.60. The molecule has 30 heavy (non-hydrogen) atoms. The van der Waals surface area contributed by atoms with E-state index >= 15 is 0 Å². The molecule has 0 amide bonds. The molecule has 0 aliphatic carbocycles. The number of hydrogen-bond acceptors (Lipinski definition) is 6. The topological polar surface area (TPSA) is 130 Å². The van der Waals surface area contributed by atoms with Crippen LogP contribution in [0.1, 0.15) is 20.7 Å². The number of methoxy groups -OCH3 is 1. The van der Waals surface area contributed by atoms with E-state index in [-0.39, 0.29) is 21.7 Å². The highest BCUT2D eigenvalue weighted by molar-refractivity contribution is 7.92. The van der Waals surface area contributed by atoms with E-state index in [0.29, 0.717) is 11.1 Å². The van der Waals surface area contributed by atoms with Crippen LogP contribution in [0.15, 0.2) is 71.6 Å². The van der Waals surface area contributed by atoms with Gasteiger partial charge in [-0.05, 0) is 29.3 Å². The van der Waals surface area contributed by atoms with Gasteiger partial charge in [-0.15, -0.1) is 0 Å². The van der Waals surface area contributed by atoms with Crippen molar-refractivity contribution in [2.45, 2.75) is 4.90 Å². The number of rotatable bonds is 6. The predicted octanol–water partition coefficient (Wildman–Crippen LogP) is 3.34. The quantitative estimate of drug-likeness (QED) is 0.514. The molecule has 3 aromatic carbocycles. The summed E-state index contributed by atoms with van der Waals surface area (Å²) >= 11 is 0. The van der Waals surface area contributed by atoms with Crippen molar-refractivity contribution in [2.24, 2.45) is 0 Å². The Morgan fingerprint density at radius 3 is 2.27 bits per heavy atom. The highest BCUT2D eigenvalue weighted by atomic mass is 32.2. The fraction of sp³-hybridized carbons (Fsp3) is 0.0476. The van der Waals surface area contributed by atoms with Gasteiger partial charge in [-0.3, -0.25) is 4.72 Å². The molecule has 0 fully saturated rings. The summed E-state index contributed by atoms with van der Waals surface area (Å²) in [6.07, 6.45) is 0. The first kappa shape index (κ1) is 20.9. The highest BCUT2D eigenvalue weighted by Gasteiger charge is 2.27. The van der Waals surface area contributed by atoms with Crippen molar-refractivity contribution in [3.05, 3.63) is 77.9 Å². The zero-order valence-corrected chi connectivity index (χ0v) is 16.5. The van der Waals surface area contributed by atoms with Gasteiger partial charge in [-0.1, -0.05) is 42.5 Å². The van der Waals surface area contributed by atoms with Gasteiger partial charge in [0.25, 0.3) is 10.0 Å². The Hall–Kier alpha value is -3.85. The summed E-state index contributed by atoms with van der Waals surface area (Å²) in [5.74, 6) is -2.79. The summed E-state index contributed by atoms with van der Waals surface area (Å²) in [5.41, 5.74) is 0.399. The minimum atomic E-state index is -4.29. The molecule has 154 valence electrons. The number of phenols is 1. The lowest BCUT2D eigenvalue weighted by Crippen LogP contribution is -2.18. The number of aromatic carboxylic acids is 1.